The molecule has 1 aliphatic rings. The Balaban J connectivity index is 1.73. The van der Waals surface area contributed by atoms with E-state index in [2.05, 4.69) is 24.4 Å². The van der Waals surface area contributed by atoms with Gasteiger partial charge < -0.3 is 10.4 Å². The molecule has 2 rings (SSSR count). The van der Waals surface area contributed by atoms with Crippen LogP contribution >= 0.6 is 11.3 Å². The minimum absolute atomic E-state index is 0.114. The average molecular weight is 253 g/mol. The van der Waals surface area contributed by atoms with E-state index >= 15 is 0 Å². The van der Waals surface area contributed by atoms with Crippen LogP contribution in [0.3, 0.4) is 0 Å². The Hall–Kier alpha value is -0.870. The normalized spacial score (nSPS) is 24.8. The Labute approximate surface area is 106 Å². The Morgan fingerprint density at radius 1 is 1.41 bits per heavy atom. The third-order valence-corrected chi connectivity index (χ3v) is 4.44. The van der Waals surface area contributed by atoms with Gasteiger partial charge >= 0.3 is 5.97 Å². The van der Waals surface area contributed by atoms with Gasteiger partial charge in [0.1, 0.15) is 0 Å². The molecule has 0 bridgehead atoms. The fourth-order valence-corrected chi connectivity index (χ4v) is 3.21. The van der Waals surface area contributed by atoms with E-state index in [4.69, 9.17) is 5.11 Å². The van der Waals surface area contributed by atoms with E-state index < -0.39 is 5.97 Å². The lowest BCUT2D eigenvalue weighted by atomic mass is 9.86. The minimum atomic E-state index is -0.627. The molecule has 0 spiro atoms. The van der Waals surface area contributed by atoms with Crippen LogP contribution in [-0.2, 0) is 11.3 Å². The first-order valence-electron chi connectivity index (χ1n) is 6.16. The maximum Gasteiger partial charge on any atom is 0.306 e. The molecule has 0 saturated heterocycles. The number of hydrogen-bond acceptors (Lipinski definition) is 3. The van der Waals surface area contributed by atoms with Crippen molar-refractivity contribution in [2.24, 2.45) is 5.92 Å². The predicted molar refractivity (Wildman–Crippen MR) is 69.3 cm³/mol. The molecule has 0 aliphatic heterocycles. The lowest BCUT2D eigenvalue weighted by Crippen LogP contribution is -2.34. The van der Waals surface area contributed by atoms with E-state index in [-0.39, 0.29) is 5.92 Å². The van der Waals surface area contributed by atoms with Gasteiger partial charge in [-0.1, -0.05) is 0 Å². The van der Waals surface area contributed by atoms with Crippen LogP contribution in [0.5, 0.6) is 0 Å². The summed E-state index contributed by atoms with van der Waals surface area (Å²) in [5.41, 5.74) is 0. The van der Waals surface area contributed by atoms with Gasteiger partial charge in [-0.25, -0.2) is 0 Å². The first kappa shape index (κ1) is 12.6. The Morgan fingerprint density at radius 3 is 2.65 bits per heavy atom. The highest BCUT2D eigenvalue weighted by molar-refractivity contribution is 7.11. The van der Waals surface area contributed by atoms with Gasteiger partial charge in [-0.05, 0) is 44.7 Å². The lowest BCUT2D eigenvalue weighted by molar-refractivity contribution is -0.142. The zero-order valence-corrected chi connectivity index (χ0v) is 10.9. The summed E-state index contributed by atoms with van der Waals surface area (Å²) in [6.45, 7) is 3.03. The summed E-state index contributed by atoms with van der Waals surface area (Å²) in [6.07, 6.45) is 3.61. The van der Waals surface area contributed by atoms with Crippen LogP contribution in [0.4, 0.5) is 0 Å². The van der Waals surface area contributed by atoms with Gasteiger partial charge in [-0.2, -0.15) is 0 Å². The fourth-order valence-electron chi connectivity index (χ4n) is 2.37. The molecule has 0 radical (unpaired) electrons. The van der Waals surface area contributed by atoms with Gasteiger partial charge in [0.05, 0.1) is 5.92 Å². The number of carboxylic acids is 1. The Morgan fingerprint density at radius 2 is 2.12 bits per heavy atom. The van der Waals surface area contributed by atoms with E-state index in [1.54, 1.807) is 0 Å². The molecule has 3 nitrogen and oxygen atoms in total. The standard InChI is InChI=1S/C13H19NO2S/c1-9-2-7-12(17-9)8-14-11-5-3-10(4-6-11)13(15)16/h2,7,10-11,14H,3-6,8H2,1H3,(H,15,16). The largest absolute Gasteiger partial charge is 0.481 e. The van der Waals surface area contributed by atoms with Gasteiger partial charge in [-0.15, -0.1) is 11.3 Å². The van der Waals surface area contributed by atoms with E-state index in [9.17, 15) is 4.79 Å². The van der Waals surface area contributed by atoms with E-state index in [0.717, 1.165) is 32.2 Å². The molecule has 1 aromatic heterocycles. The van der Waals surface area contributed by atoms with Crippen LogP contribution in [0.1, 0.15) is 35.4 Å². The smallest absolute Gasteiger partial charge is 0.306 e. The summed E-state index contributed by atoms with van der Waals surface area (Å²) in [7, 11) is 0. The van der Waals surface area contributed by atoms with E-state index in [0.29, 0.717) is 6.04 Å². The summed E-state index contributed by atoms with van der Waals surface area (Å²) in [6, 6.07) is 4.80. The average Bonchev–Trinajstić information content (AvgIpc) is 2.73. The number of thiophene rings is 1. The van der Waals surface area contributed by atoms with Gasteiger partial charge in [0.2, 0.25) is 0 Å². The zero-order chi connectivity index (χ0) is 12.3. The summed E-state index contributed by atoms with van der Waals surface area (Å²) >= 11 is 1.83. The van der Waals surface area contributed by atoms with E-state index in [1.165, 1.54) is 9.75 Å². The SMILES string of the molecule is Cc1ccc(CNC2CCC(C(=O)O)CC2)s1. The number of carbonyl (C=O) groups is 1. The molecule has 4 heteroatoms. The molecular formula is C13H19NO2S. The number of aliphatic carboxylic acids is 1. The molecule has 2 N–H and O–H groups in total. The van der Waals surface area contributed by atoms with Crippen LogP contribution in [0, 0.1) is 12.8 Å². The fraction of sp³-hybridized carbons (Fsp3) is 0.615. The molecule has 0 aromatic carbocycles. The second-order valence-electron chi connectivity index (χ2n) is 4.78. The lowest BCUT2D eigenvalue weighted by Gasteiger charge is -2.26. The monoisotopic (exact) mass is 253 g/mol. The van der Waals surface area contributed by atoms with Crippen LogP contribution in [-0.4, -0.2) is 17.1 Å². The molecule has 1 fully saturated rings. The summed E-state index contributed by atoms with van der Waals surface area (Å²) in [4.78, 5) is 13.5. The van der Waals surface area contributed by atoms with Crippen molar-refractivity contribution in [3.05, 3.63) is 21.9 Å². The van der Waals surface area contributed by atoms with Crippen molar-refractivity contribution >= 4 is 17.3 Å². The minimum Gasteiger partial charge on any atom is -0.481 e. The van der Waals surface area contributed by atoms with E-state index in [1.807, 2.05) is 11.3 Å². The van der Waals surface area contributed by atoms with Crippen LogP contribution in [0.15, 0.2) is 12.1 Å². The first-order valence-corrected chi connectivity index (χ1v) is 6.98. The predicted octanol–water partition coefficient (Wildman–Crippen LogP) is 2.79. The van der Waals surface area contributed by atoms with Crippen LogP contribution in [0.2, 0.25) is 0 Å². The molecular weight excluding hydrogens is 234 g/mol. The number of hydrogen-bond donors (Lipinski definition) is 2. The van der Waals surface area contributed by atoms with Crippen LogP contribution < -0.4 is 5.32 Å². The van der Waals surface area contributed by atoms with Crippen molar-refractivity contribution in [1.82, 2.24) is 5.32 Å². The maximum atomic E-state index is 10.8. The molecule has 17 heavy (non-hydrogen) atoms. The van der Waals surface area contributed by atoms with Crippen molar-refractivity contribution < 1.29 is 9.90 Å². The molecule has 0 atom stereocenters. The third kappa shape index (κ3) is 3.54. The number of carboxylic acid groups (broad SMARTS) is 1. The second-order valence-corrected chi connectivity index (χ2v) is 6.15. The Bertz CT molecular complexity index is 381. The van der Waals surface area contributed by atoms with Gasteiger partial charge in [0.15, 0.2) is 0 Å². The summed E-state index contributed by atoms with van der Waals surface area (Å²) < 4.78 is 0. The van der Waals surface area contributed by atoms with Crippen molar-refractivity contribution in [2.45, 2.75) is 45.2 Å². The molecule has 0 unspecified atom stereocenters. The van der Waals surface area contributed by atoms with Crippen molar-refractivity contribution in [3.63, 3.8) is 0 Å². The molecule has 1 aromatic rings. The third-order valence-electron chi connectivity index (χ3n) is 3.44. The van der Waals surface area contributed by atoms with Gasteiger partial charge in [0, 0.05) is 22.3 Å². The molecule has 1 heterocycles. The van der Waals surface area contributed by atoms with Gasteiger partial charge in [0.25, 0.3) is 0 Å². The second kappa shape index (κ2) is 5.65. The quantitative estimate of drug-likeness (QED) is 0.867. The number of rotatable bonds is 4. The molecule has 94 valence electrons. The zero-order valence-electron chi connectivity index (χ0n) is 10.1. The molecule has 1 saturated carbocycles. The molecule has 1 aliphatic carbocycles. The van der Waals surface area contributed by atoms with Gasteiger partial charge in [-0.3, -0.25) is 4.79 Å². The maximum absolute atomic E-state index is 10.8. The van der Waals surface area contributed by atoms with Crippen LogP contribution in [0.25, 0.3) is 0 Å². The van der Waals surface area contributed by atoms with Crippen molar-refractivity contribution in [2.75, 3.05) is 0 Å². The van der Waals surface area contributed by atoms with Crippen molar-refractivity contribution in [1.29, 1.82) is 0 Å². The van der Waals surface area contributed by atoms with Crippen molar-refractivity contribution in [3.8, 4) is 0 Å². The summed E-state index contributed by atoms with van der Waals surface area (Å²) in [5.74, 6) is -0.741. The highest BCUT2D eigenvalue weighted by atomic mass is 32.1. The number of nitrogens with one attached hydrogen (secondary N) is 1. The topological polar surface area (TPSA) is 49.3 Å². The number of aryl methyl sites for hydroxylation is 1. The molecule has 0 amide bonds. The highest BCUT2D eigenvalue weighted by Gasteiger charge is 2.25. The summed E-state index contributed by atoms with van der Waals surface area (Å²) in [5, 5.41) is 12.4. The highest BCUT2D eigenvalue weighted by Crippen LogP contribution is 2.25. The Kier molecular flexibility index (Phi) is 4.18. The first-order chi connectivity index (χ1) is 8.15.